The second-order valence-corrected chi connectivity index (χ2v) is 2.72. The number of amides is 1. The van der Waals surface area contributed by atoms with Crippen LogP contribution in [0.5, 0.6) is 0 Å². The molecule has 0 radical (unpaired) electrons. The van der Waals surface area contributed by atoms with Crippen molar-refractivity contribution in [1.82, 2.24) is 5.01 Å². The summed E-state index contributed by atoms with van der Waals surface area (Å²) >= 11 is 0. The van der Waals surface area contributed by atoms with Crippen LogP contribution in [0.4, 0.5) is 4.79 Å². The molecule has 0 N–H and O–H groups in total. The fraction of sp³-hybridized carbons (Fsp3) is 0.778. The fourth-order valence-electron chi connectivity index (χ4n) is 0.941. The van der Waals surface area contributed by atoms with Crippen LogP contribution in [0.3, 0.4) is 0 Å². The van der Waals surface area contributed by atoms with Gasteiger partial charge < -0.3 is 4.74 Å². The number of carbonyl (C=O) groups is 1. The molecule has 5 nitrogen and oxygen atoms in total. The quantitative estimate of drug-likeness (QED) is 0.285. The molecule has 0 aromatic rings. The number of hydrogen-bond donors (Lipinski definition) is 0. The summed E-state index contributed by atoms with van der Waals surface area (Å²) in [7, 11) is 0. The fourth-order valence-corrected chi connectivity index (χ4v) is 0.941. The van der Waals surface area contributed by atoms with E-state index in [9.17, 15) is 9.59 Å². The number of unbranched alkanes of at least 4 members (excludes halogenated alkanes) is 2. The van der Waals surface area contributed by atoms with Crippen molar-refractivity contribution in [3.8, 4) is 0 Å². The number of carbonyl (C=O) groups excluding carboxylic acids is 2. The van der Waals surface area contributed by atoms with Gasteiger partial charge in [-0.05, 0) is 13.3 Å². The van der Waals surface area contributed by atoms with Crippen LogP contribution in [0, 0.1) is 0 Å². The number of nitrogens with zero attached hydrogens (tertiary/aromatic N) is 2. The third kappa shape index (κ3) is 5.32. The minimum absolute atomic E-state index is 0.275. The van der Waals surface area contributed by atoms with E-state index in [0.29, 0.717) is 6.54 Å². The first kappa shape index (κ1) is 12.7. The maximum Gasteiger partial charge on any atom is 0.431 e. The molecule has 0 aliphatic rings. The molecule has 14 heavy (non-hydrogen) atoms. The highest BCUT2D eigenvalue weighted by Crippen LogP contribution is 2.00. The zero-order valence-electron chi connectivity index (χ0n) is 8.65. The minimum Gasteiger partial charge on any atom is -0.448 e. The van der Waals surface area contributed by atoms with Crippen LogP contribution >= 0.6 is 0 Å². The molecule has 0 aromatic heterocycles. The van der Waals surface area contributed by atoms with Crippen LogP contribution in [0.25, 0.3) is 0 Å². The van der Waals surface area contributed by atoms with Crippen molar-refractivity contribution in [3.05, 3.63) is 0 Å². The van der Waals surface area contributed by atoms with E-state index in [0.717, 1.165) is 24.3 Å². The molecule has 0 aromatic carbocycles. The average molecular weight is 200 g/mol. The highest BCUT2D eigenvalue weighted by atomic mass is 16.6. The predicted octanol–water partition coefficient (Wildman–Crippen LogP) is 1.89. The standard InChI is InChI=1S/C9H16N2O3/c1-3-5-6-7-11(10-8-12)9(13)14-4-2/h3-7H2,1-2H3. The van der Waals surface area contributed by atoms with Crippen molar-refractivity contribution in [2.45, 2.75) is 33.1 Å². The second kappa shape index (κ2) is 8.26. The minimum atomic E-state index is -0.591. The highest BCUT2D eigenvalue weighted by molar-refractivity contribution is 5.67. The van der Waals surface area contributed by atoms with Crippen LogP contribution in [-0.2, 0) is 9.53 Å². The van der Waals surface area contributed by atoms with Gasteiger partial charge in [0.1, 0.15) is 0 Å². The number of rotatable bonds is 6. The summed E-state index contributed by atoms with van der Waals surface area (Å²) in [5, 5.41) is 4.27. The molecule has 0 unspecified atom stereocenters. The van der Waals surface area contributed by atoms with E-state index < -0.39 is 6.09 Å². The van der Waals surface area contributed by atoms with Crippen molar-refractivity contribution in [2.24, 2.45) is 5.10 Å². The number of isocyanates is 1. The molecule has 0 saturated heterocycles. The Hall–Kier alpha value is -1.35. The Morgan fingerprint density at radius 3 is 2.64 bits per heavy atom. The molecule has 0 aliphatic heterocycles. The molecule has 0 rings (SSSR count). The summed E-state index contributed by atoms with van der Waals surface area (Å²) in [6.45, 7) is 4.43. The molecular formula is C9H16N2O3. The van der Waals surface area contributed by atoms with Crippen LogP contribution in [0.15, 0.2) is 5.10 Å². The van der Waals surface area contributed by atoms with Crippen LogP contribution in [0.1, 0.15) is 33.1 Å². The Balaban J connectivity index is 4.00. The Labute approximate surface area is 83.7 Å². The molecule has 0 heterocycles. The molecule has 0 atom stereocenters. The molecular weight excluding hydrogens is 184 g/mol. The molecule has 1 amide bonds. The van der Waals surface area contributed by atoms with Crippen molar-refractivity contribution < 1.29 is 14.3 Å². The third-order valence-electron chi connectivity index (χ3n) is 1.61. The predicted molar refractivity (Wildman–Crippen MR) is 51.4 cm³/mol. The second-order valence-electron chi connectivity index (χ2n) is 2.72. The lowest BCUT2D eigenvalue weighted by molar-refractivity contribution is 0.107. The van der Waals surface area contributed by atoms with Gasteiger partial charge in [0.05, 0.1) is 6.61 Å². The molecule has 0 saturated carbocycles. The molecule has 0 aliphatic carbocycles. The summed E-state index contributed by atoms with van der Waals surface area (Å²) in [6.07, 6.45) is 3.58. The summed E-state index contributed by atoms with van der Waals surface area (Å²) in [4.78, 5) is 21.2. The normalized spacial score (nSPS) is 9.00. The summed E-state index contributed by atoms with van der Waals surface area (Å²) < 4.78 is 4.70. The molecule has 0 spiro atoms. The van der Waals surface area contributed by atoms with Gasteiger partial charge in [0.15, 0.2) is 0 Å². The zero-order valence-corrected chi connectivity index (χ0v) is 8.65. The Morgan fingerprint density at radius 2 is 2.14 bits per heavy atom. The average Bonchev–Trinajstić information content (AvgIpc) is 2.17. The van der Waals surface area contributed by atoms with Gasteiger partial charge in [-0.15, -0.1) is 0 Å². The lowest BCUT2D eigenvalue weighted by atomic mass is 10.2. The zero-order chi connectivity index (χ0) is 10.8. The van der Waals surface area contributed by atoms with Gasteiger partial charge >= 0.3 is 6.09 Å². The van der Waals surface area contributed by atoms with E-state index in [4.69, 9.17) is 4.74 Å². The van der Waals surface area contributed by atoms with Crippen molar-refractivity contribution >= 4 is 12.2 Å². The lowest BCUT2D eigenvalue weighted by Crippen LogP contribution is -2.27. The van der Waals surface area contributed by atoms with Crippen LogP contribution < -0.4 is 0 Å². The Kier molecular flexibility index (Phi) is 7.46. The third-order valence-corrected chi connectivity index (χ3v) is 1.61. The van der Waals surface area contributed by atoms with Gasteiger partial charge in [-0.25, -0.2) is 9.59 Å². The topological polar surface area (TPSA) is 59.0 Å². The first-order chi connectivity index (χ1) is 6.76. The van der Waals surface area contributed by atoms with E-state index in [1.165, 1.54) is 6.08 Å². The van der Waals surface area contributed by atoms with Crippen LogP contribution in [0.2, 0.25) is 0 Å². The Bertz CT molecular complexity index is 212. The molecule has 0 bridgehead atoms. The van der Waals surface area contributed by atoms with E-state index in [1.807, 2.05) is 0 Å². The number of ether oxygens (including phenoxy) is 1. The van der Waals surface area contributed by atoms with Crippen molar-refractivity contribution in [1.29, 1.82) is 0 Å². The highest BCUT2D eigenvalue weighted by Gasteiger charge is 2.12. The van der Waals surface area contributed by atoms with Crippen LogP contribution in [-0.4, -0.2) is 30.3 Å². The number of hydrazone groups is 1. The largest absolute Gasteiger partial charge is 0.448 e. The summed E-state index contributed by atoms with van der Waals surface area (Å²) in [5.74, 6) is 0. The van der Waals surface area contributed by atoms with Gasteiger partial charge in [0.2, 0.25) is 0 Å². The van der Waals surface area contributed by atoms with Gasteiger partial charge in [0.25, 0.3) is 6.08 Å². The maximum absolute atomic E-state index is 11.2. The van der Waals surface area contributed by atoms with Gasteiger partial charge in [-0.2, -0.15) is 5.01 Å². The lowest BCUT2D eigenvalue weighted by Gasteiger charge is -2.13. The Morgan fingerprint density at radius 1 is 1.43 bits per heavy atom. The van der Waals surface area contributed by atoms with E-state index >= 15 is 0 Å². The van der Waals surface area contributed by atoms with Crippen molar-refractivity contribution in [3.63, 3.8) is 0 Å². The van der Waals surface area contributed by atoms with E-state index in [-0.39, 0.29) is 6.61 Å². The van der Waals surface area contributed by atoms with Gasteiger partial charge in [0, 0.05) is 6.54 Å². The SMILES string of the molecule is CCCCCN(N=C=O)C(=O)OCC. The summed E-state index contributed by atoms with van der Waals surface area (Å²) in [6, 6.07) is 0. The number of hydrogen-bond acceptors (Lipinski definition) is 4. The van der Waals surface area contributed by atoms with E-state index in [2.05, 4.69) is 12.0 Å². The smallest absolute Gasteiger partial charge is 0.431 e. The first-order valence-electron chi connectivity index (χ1n) is 4.78. The molecule has 0 fully saturated rings. The monoisotopic (exact) mass is 200 g/mol. The molecule has 80 valence electrons. The first-order valence-corrected chi connectivity index (χ1v) is 4.78. The van der Waals surface area contributed by atoms with Gasteiger partial charge in [-0.1, -0.05) is 24.9 Å². The maximum atomic E-state index is 11.2. The molecule has 5 heteroatoms. The summed E-state index contributed by atoms with van der Waals surface area (Å²) in [5.41, 5.74) is 0. The van der Waals surface area contributed by atoms with E-state index in [1.54, 1.807) is 6.92 Å². The van der Waals surface area contributed by atoms with Crippen molar-refractivity contribution in [2.75, 3.05) is 13.2 Å². The van der Waals surface area contributed by atoms with Gasteiger partial charge in [-0.3, -0.25) is 0 Å².